The van der Waals surface area contributed by atoms with Crippen LogP contribution in [0.15, 0.2) is 24.3 Å². The van der Waals surface area contributed by atoms with Crippen LogP contribution in [-0.2, 0) is 11.2 Å². The van der Waals surface area contributed by atoms with E-state index < -0.39 is 0 Å². The van der Waals surface area contributed by atoms with E-state index in [4.69, 9.17) is 4.74 Å². The van der Waals surface area contributed by atoms with E-state index >= 15 is 0 Å². The predicted octanol–water partition coefficient (Wildman–Crippen LogP) is 1.83. The first-order chi connectivity index (χ1) is 5.86. The quantitative estimate of drug-likeness (QED) is 0.634. The maximum atomic E-state index is 10.2. The van der Waals surface area contributed by atoms with Gasteiger partial charge in [-0.2, -0.15) is 0 Å². The molecule has 0 fully saturated rings. The van der Waals surface area contributed by atoms with Crippen LogP contribution in [0.3, 0.4) is 0 Å². The van der Waals surface area contributed by atoms with Crippen molar-refractivity contribution in [3.05, 3.63) is 29.8 Å². The van der Waals surface area contributed by atoms with Gasteiger partial charge in [0.15, 0.2) is 0 Å². The first-order valence-corrected chi connectivity index (χ1v) is 4.02. The molecule has 12 heavy (non-hydrogen) atoms. The topological polar surface area (TPSA) is 26.3 Å². The summed E-state index contributed by atoms with van der Waals surface area (Å²) >= 11 is 0. The normalized spacial score (nSPS) is 9.42. The van der Waals surface area contributed by atoms with Gasteiger partial charge in [0.2, 0.25) is 0 Å². The van der Waals surface area contributed by atoms with Gasteiger partial charge in [0.05, 0.1) is 6.61 Å². The number of aldehydes is 1. The van der Waals surface area contributed by atoms with Gasteiger partial charge in [-0.05, 0) is 24.6 Å². The summed E-state index contributed by atoms with van der Waals surface area (Å²) in [6, 6.07) is 7.58. The molecule has 0 atom stereocenters. The Labute approximate surface area is 72.2 Å². The van der Waals surface area contributed by atoms with Gasteiger partial charge in [0.1, 0.15) is 12.0 Å². The summed E-state index contributed by atoms with van der Waals surface area (Å²) in [4.78, 5) is 10.2. The van der Waals surface area contributed by atoms with Crippen LogP contribution in [-0.4, -0.2) is 12.9 Å². The van der Waals surface area contributed by atoms with E-state index in [0.717, 1.165) is 17.6 Å². The smallest absolute Gasteiger partial charge is 0.124 e. The Morgan fingerprint density at radius 3 is 3.00 bits per heavy atom. The van der Waals surface area contributed by atoms with E-state index in [2.05, 4.69) is 0 Å². The largest absolute Gasteiger partial charge is 0.494 e. The van der Waals surface area contributed by atoms with Crippen LogP contribution in [0.2, 0.25) is 0 Å². The van der Waals surface area contributed by atoms with E-state index in [1.165, 1.54) is 0 Å². The van der Waals surface area contributed by atoms with Crippen LogP contribution in [0.4, 0.5) is 0 Å². The zero-order valence-corrected chi connectivity index (χ0v) is 7.12. The van der Waals surface area contributed by atoms with Crippen LogP contribution in [0, 0.1) is 0 Å². The molecule has 0 spiro atoms. The Balaban J connectivity index is 2.73. The summed E-state index contributed by atoms with van der Waals surface area (Å²) in [7, 11) is 0. The summed E-state index contributed by atoms with van der Waals surface area (Å²) in [6.45, 7) is 2.59. The lowest BCUT2D eigenvalue weighted by molar-refractivity contribution is -0.107. The summed E-state index contributed by atoms with van der Waals surface area (Å²) < 4.78 is 5.28. The highest BCUT2D eigenvalue weighted by Crippen LogP contribution is 2.12. The van der Waals surface area contributed by atoms with Crippen molar-refractivity contribution in [2.45, 2.75) is 13.3 Å². The molecular formula is C10H12O2. The van der Waals surface area contributed by atoms with Crippen LogP contribution in [0.25, 0.3) is 0 Å². The Morgan fingerprint density at radius 1 is 1.50 bits per heavy atom. The van der Waals surface area contributed by atoms with Crippen molar-refractivity contribution in [3.8, 4) is 5.75 Å². The summed E-state index contributed by atoms with van der Waals surface area (Å²) in [6.07, 6.45) is 1.35. The third-order valence-electron chi connectivity index (χ3n) is 1.53. The molecule has 0 unspecified atom stereocenters. The number of benzene rings is 1. The Morgan fingerprint density at radius 2 is 2.33 bits per heavy atom. The molecule has 0 N–H and O–H groups in total. The SMILES string of the molecule is CCOc1cccc(CC=O)c1. The standard InChI is InChI=1S/C10H12O2/c1-2-12-10-5-3-4-9(8-10)6-7-11/h3-5,7-8H,2,6H2,1H3. The van der Waals surface area contributed by atoms with Crippen molar-refractivity contribution in [1.29, 1.82) is 0 Å². The first-order valence-electron chi connectivity index (χ1n) is 4.02. The van der Waals surface area contributed by atoms with Gasteiger partial charge < -0.3 is 9.53 Å². The molecular weight excluding hydrogens is 152 g/mol. The van der Waals surface area contributed by atoms with Crippen molar-refractivity contribution < 1.29 is 9.53 Å². The van der Waals surface area contributed by atoms with Crippen molar-refractivity contribution in [1.82, 2.24) is 0 Å². The average molecular weight is 164 g/mol. The minimum atomic E-state index is 0.459. The second-order valence-electron chi connectivity index (χ2n) is 2.45. The molecule has 0 heterocycles. The number of rotatable bonds is 4. The molecule has 0 aromatic heterocycles. The Hall–Kier alpha value is -1.31. The van der Waals surface area contributed by atoms with E-state index in [0.29, 0.717) is 13.0 Å². The highest BCUT2D eigenvalue weighted by atomic mass is 16.5. The molecule has 64 valence electrons. The predicted molar refractivity (Wildman–Crippen MR) is 47.4 cm³/mol. The molecule has 0 saturated heterocycles. The van der Waals surface area contributed by atoms with Gasteiger partial charge in [0, 0.05) is 6.42 Å². The average Bonchev–Trinajstić information content (AvgIpc) is 2.06. The van der Waals surface area contributed by atoms with Gasteiger partial charge in [-0.1, -0.05) is 12.1 Å². The van der Waals surface area contributed by atoms with Crippen LogP contribution in [0.1, 0.15) is 12.5 Å². The van der Waals surface area contributed by atoms with Gasteiger partial charge in [0.25, 0.3) is 0 Å². The molecule has 0 radical (unpaired) electrons. The Bertz CT molecular complexity index is 256. The summed E-state index contributed by atoms with van der Waals surface area (Å²) in [5, 5.41) is 0. The lowest BCUT2D eigenvalue weighted by Gasteiger charge is -2.03. The van der Waals surface area contributed by atoms with Crippen LogP contribution >= 0.6 is 0 Å². The molecule has 1 aromatic rings. The van der Waals surface area contributed by atoms with Crippen molar-refractivity contribution >= 4 is 6.29 Å². The molecule has 1 aromatic carbocycles. The number of ether oxygens (including phenoxy) is 1. The fourth-order valence-electron chi connectivity index (χ4n) is 1.03. The maximum Gasteiger partial charge on any atom is 0.124 e. The van der Waals surface area contributed by atoms with Gasteiger partial charge in [-0.3, -0.25) is 0 Å². The fraction of sp³-hybridized carbons (Fsp3) is 0.300. The van der Waals surface area contributed by atoms with Crippen molar-refractivity contribution in [3.63, 3.8) is 0 Å². The highest BCUT2D eigenvalue weighted by molar-refractivity contribution is 5.55. The molecule has 1 rings (SSSR count). The van der Waals surface area contributed by atoms with E-state index in [-0.39, 0.29) is 0 Å². The molecule has 0 bridgehead atoms. The van der Waals surface area contributed by atoms with Crippen LogP contribution < -0.4 is 4.74 Å². The second kappa shape index (κ2) is 4.54. The monoisotopic (exact) mass is 164 g/mol. The lowest BCUT2D eigenvalue weighted by atomic mass is 10.2. The lowest BCUT2D eigenvalue weighted by Crippen LogP contribution is -1.92. The zero-order chi connectivity index (χ0) is 8.81. The minimum absolute atomic E-state index is 0.459. The van der Waals surface area contributed by atoms with Gasteiger partial charge in [-0.25, -0.2) is 0 Å². The molecule has 0 amide bonds. The summed E-state index contributed by atoms with van der Waals surface area (Å²) in [5.74, 6) is 0.830. The van der Waals surface area contributed by atoms with Crippen molar-refractivity contribution in [2.24, 2.45) is 0 Å². The maximum absolute atomic E-state index is 10.2. The molecule has 0 saturated carbocycles. The molecule has 0 aliphatic carbocycles. The number of hydrogen-bond acceptors (Lipinski definition) is 2. The Kier molecular flexibility index (Phi) is 3.33. The third-order valence-corrected chi connectivity index (χ3v) is 1.53. The highest BCUT2D eigenvalue weighted by Gasteiger charge is 1.94. The van der Waals surface area contributed by atoms with E-state index in [1.54, 1.807) is 0 Å². The molecule has 2 nitrogen and oxygen atoms in total. The van der Waals surface area contributed by atoms with Crippen LogP contribution in [0.5, 0.6) is 5.75 Å². The van der Waals surface area contributed by atoms with Gasteiger partial charge in [-0.15, -0.1) is 0 Å². The second-order valence-corrected chi connectivity index (χ2v) is 2.45. The number of carbonyl (C=O) groups excluding carboxylic acids is 1. The third kappa shape index (κ3) is 2.38. The van der Waals surface area contributed by atoms with E-state index in [1.807, 2.05) is 31.2 Å². The molecule has 0 aliphatic heterocycles. The molecule has 0 aliphatic rings. The van der Waals surface area contributed by atoms with Crippen molar-refractivity contribution in [2.75, 3.05) is 6.61 Å². The number of hydrogen-bond donors (Lipinski definition) is 0. The summed E-state index contributed by atoms with van der Waals surface area (Å²) in [5.41, 5.74) is 0.996. The fourth-order valence-corrected chi connectivity index (χ4v) is 1.03. The minimum Gasteiger partial charge on any atom is -0.494 e. The van der Waals surface area contributed by atoms with E-state index in [9.17, 15) is 4.79 Å². The zero-order valence-electron chi connectivity index (χ0n) is 7.12. The number of carbonyl (C=O) groups is 1. The van der Waals surface area contributed by atoms with Gasteiger partial charge >= 0.3 is 0 Å². The molecule has 2 heteroatoms. The first kappa shape index (κ1) is 8.78.